The van der Waals surface area contributed by atoms with Gasteiger partial charge >= 0.3 is 0 Å². The Morgan fingerprint density at radius 2 is 2.20 bits per heavy atom. The number of nitrogen functional groups attached to an aromatic ring is 1. The van der Waals surface area contributed by atoms with Crippen molar-refractivity contribution >= 4 is 17.3 Å². The third-order valence-corrected chi connectivity index (χ3v) is 2.92. The third-order valence-electron chi connectivity index (χ3n) is 2.92. The van der Waals surface area contributed by atoms with E-state index in [4.69, 9.17) is 15.7 Å². The predicted octanol–water partition coefficient (Wildman–Crippen LogP) is 2.25. The molecule has 20 heavy (non-hydrogen) atoms. The second kappa shape index (κ2) is 5.89. The molecular weight excluding hydrogens is 254 g/mol. The van der Waals surface area contributed by atoms with Gasteiger partial charge in [-0.2, -0.15) is 5.26 Å². The van der Waals surface area contributed by atoms with Crippen LogP contribution >= 0.6 is 0 Å². The molecular formula is C14H15N5O. The van der Waals surface area contributed by atoms with E-state index >= 15 is 0 Å². The zero-order chi connectivity index (χ0) is 14.5. The summed E-state index contributed by atoms with van der Waals surface area (Å²) in [7, 11) is 1.55. The molecule has 1 aromatic heterocycles. The first-order valence-electron chi connectivity index (χ1n) is 6.14. The highest BCUT2D eigenvalue weighted by Gasteiger charge is 2.10. The topological polar surface area (TPSA) is 96.9 Å². The number of hydrogen-bond acceptors (Lipinski definition) is 6. The zero-order valence-electron chi connectivity index (χ0n) is 11.3. The Kier molecular flexibility index (Phi) is 4.01. The number of ether oxygens (including phenoxy) is 1. The van der Waals surface area contributed by atoms with Gasteiger partial charge in [-0.05, 0) is 18.6 Å². The molecule has 0 amide bonds. The smallest absolute Gasteiger partial charge is 0.143 e. The van der Waals surface area contributed by atoms with Crippen LogP contribution in [0.15, 0.2) is 24.5 Å². The third kappa shape index (κ3) is 2.62. The summed E-state index contributed by atoms with van der Waals surface area (Å²) in [5, 5.41) is 12.1. The minimum Gasteiger partial charge on any atom is -0.495 e. The first-order valence-corrected chi connectivity index (χ1v) is 6.14. The summed E-state index contributed by atoms with van der Waals surface area (Å²) < 4.78 is 5.28. The Morgan fingerprint density at radius 1 is 1.40 bits per heavy atom. The SMILES string of the molecule is CCc1c(N)ncnc1Nc1ccc(C#N)cc1OC. The maximum Gasteiger partial charge on any atom is 0.143 e. The maximum atomic E-state index is 8.89. The van der Waals surface area contributed by atoms with Gasteiger partial charge in [-0.1, -0.05) is 6.92 Å². The van der Waals surface area contributed by atoms with Crippen molar-refractivity contribution < 1.29 is 4.74 Å². The number of methoxy groups -OCH3 is 1. The van der Waals surface area contributed by atoms with E-state index in [0.29, 0.717) is 29.4 Å². The van der Waals surface area contributed by atoms with Crippen LogP contribution in [-0.4, -0.2) is 17.1 Å². The standard InChI is InChI=1S/C14H15N5O/c1-3-10-13(16)17-8-18-14(10)19-11-5-4-9(7-15)6-12(11)20-2/h4-6,8H,3H2,1-2H3,(H3,16,17,18,19). The molecule has 0 saturated heterocycles. The van der Waals surface area contributed by atoms with Crippen molar-refractivity contribution in [1.82, 2.24) is 9.97 Å². The monoisotopic (exact) mass is 269 g/mol. The Hall–Kier alpha value is -2.81. The summed E-state index contributed by atoms with van der Waals surface area (Å²) in [4.78, 5) is 8.18. The molecule has 3 N–H and O–H groups in total. The lowest BCUT2D eigenvalue weighted by Crippen LogP contribution is -2.05. The summed E-state index contributed by atoms with van der Waals surface area (Å²) in [6.45, 7) is 1.98. The summed E-state index contributed by atoms with van der Waals surface area (Å²) in [5.41, 5.74) is 7.94. The number of anilines is 3. The number of benzene rings is 1. The van der Waals surface area contributed by atoms with Gasteiger partial charge in [-0.15, -0.1) is 0 Å². The van der Waals surface area contributed by atoms with Crippen molar-refractivity contribution in [2.75, 3.05) is 18.2 Å². The van der Waals surface area contributed by atoms with Crippen LogP contribution in [0.2, 0.25) is 0 Å². The quantitative estimate of drug-likeness (QED) is 0.883. The summed E-state index contributed by atoms with van der Waals surface area (Å²) in [6, 6.07) is 7.22. The Morgan fingerprint density at radius 3 is 2.85 bits per heavy atom. The van der Waals surface area contributed by atoms with Gasteiger partial charge in [-0.25, -0.2) is 9.97 Å². The molecule has 6 heteroatoms. The molecule has 0 bridgehead atoms. The average Bonchev–Trinajstić information content (AvgIpc) is 2.48. The molecule has 2 rings (SSSR count). The van der Waals surface area contributed by atoms with Crippen LogP contribution in [0.3, 0.4) is 0 Å². The van der Waals surface area contributed by atoms with E-state index in [2.05, 4.69) is 21.4 Å². The Bertz CT molecular complexity index is 663. The fraction of sp³-hybridized carbons (Fsp3) is 0.214. The fourth-order valence-corrected chi connectivity index (χ4v) is 1.87. The molecule has 1 heterocycles. The largest absolute Gasteiger partial charge is 0.495 e. The van der Waals surface area contributed by atoms with Crippen LogP contribution in [0, 0.1) is 11.3 Å². The van der Waals surface area contributed by atoms with Crippen LogP contribution in [-0.2, 0) is 6.42 Å². The molecule has 0 atom stereocenters. The van der Waals surface area contributed by atoms with Gasteiger partial charge in [-0.3, -0.25) is 0 Å². The van der Waals surface area contributed by atoms with Crippen LogP contribution in [0.25, 0.3) is 0 Å². The van der Waals surface area contributed by atoms with Gasteiger partial charge in [0.25, 0.3) is 0 Å². The molecule has 0 aliphatic rings. The van der Waals surface area contributed by atoms with Crippen molar-refractivity contribution in [2.45, 2.75) is 13.3 Å². The van der Waals surface area contributed by atoms with Gasteiger partial charge in [0.2, 0.25) is 0 Å². The van der Waals surface area contributed by atoms with Gasteiger partial charge in [0.1, 0.15) is 23.7 Å². The Labute approximate surface area is 117 Å². The van der Waals surface area contributed by atoms with E-state index in [-0.39, 0.29) is 0 Å². The summed E-state index contributed by atoms with van der Waals surface area (Å²) in [5.74, 6) is 1.67. The van der Waals surface area contributed by atoms with E-state index in [9.17, 15) is 0 Å². The van der Waals surface area contributed by atoms with Gasteiger partial charge in [0.15, 0.2) is 0 Å². The van der Waals surface area contributed by atoms with E-state index in [1.165, 1.54) is 6.33 Å². The first kappa shape index (κ1) is 13.6. The molecule has 0 radical (unpaired) electrons. The first-order chi connectivity index (χ1) is 9.69. The van der Waals surface area contributed by atoms with Gasteiger partial charge < -0.3 is 15.8 Å². The minimum absolute atomic E-state index is 0.456. The highest BCUT2D eigenvalue weighted by molar-refractivity contribution is 5.69. The van der Waals surface area contributed by atoms with Crippen molar-refractivity contribution in [1.29, 1.82) is 5.26 Å². The van der Waals surface area contributed by atoms with Crippen LogP contribution in [0.5, 0.6) is 5.75 Å². The molecule has 2 aromatic rings. The van der Waals surface area contributed by atoms with Crippen LogP contribution < -0.4 is 15.8 Å². The number of nitriles is 1. The number of hydrogen-bond donors (Lipinski definition) is 2. The van der Waals surface area contributed by atoms with Crippen molar-refractivity contribution in [3.05, 3.63) is 35.7 Å². The predicted molar refractivity (Wildman–Crippen MR) is 76.8 cm³/mol. The van der Waals surface area contributed by atoms with Gasteiger partial charge in [0, 0.05) is 11.6 Å². The number of nitrogens with zero attached hydrogens (tertiary/aromatic N) is 3. The molecule has 102 valence electrons. The number of nitrogens with two attached hydrogens (primary N) is 1. The highest BCUT2D eigenvalue weighted by Crippen LogP contribution is 2.30. The molecule has 0 spiro atoms. The lowest BCUT2D eigenvalue weighted by molar-refractivity contribution is 0.416. The number of nitrogens with one attached hydrogen (secondary N) is 1. The molecule has 0 aliphatic carbocycles. The molecule has 0 saturated carbocycles. The lowest BCUT2D eigenvalue weighted by Gasteiger charge is -2.13. The minimum atomic E-state index is 0.456. The molecule has 6 nitrogen and oxygen atoms in total. The number of rotatable bonds is 4. The van der Waals surface area contributed by atoms with Crippen molar-refractivity contribution in [3.63, 3.8) is 0 Å². The van der Waals surface area contributed by atoms with Crippen LogP contribution in [0.4, 0.5) is 17.3 Å². The summed E-state index contributed by atoms with van der Waals surface area (Å²) in [6.07, 6.45) is 2.13. The van der Waals surface area contributed by atoms with E-state index in [0.717, 1.165) is 11.3 Å². The van der Waals surface area contributed by atoms with Crippen molar-refractivity contribution in [3.8, 4) is 11.8 Å². The van der Waals surface area contributed by atoms with Gasteiger partial charge in [0.05, 0.1) is 24.4 Å². The number of aromatic nitrogens is 2. The average molecular weight is 269 g/mol. The van der Waals surface area contributed by atoms with E-state index < -0.39 is 0 Å². The highest BCUT2D eigenvalue weighted by atomic mass is 16.5. The maximum absolute atomic E-state index is 8.89. The Balaban J connectivity index is 2.40. The molecule has 0 aliphatic heterocycles. The molecule has 0 fully saturated rings. The van der Waals surface area contributed by atoms with E-state index in [1.54, 1.807) is 25.3 Å². The summed E-state index contributed by atoms with van der Waals surface area (Å²) >= 11 is 0. The lowest BCUT2D eigenvalue weighted by atomic mass is 10.2. The second-order valence-electron chi connectivity index (χ2n) is 4.09. The second-order valence-corrected chi connectivity index (χ2v) is 4.09. The normalized spacial score (nSPS) is 9.85. The van der Waals surface area contributed by atoms with Crippen molar-refractivity contribution in [2.24, 2.45) is 0 Å². The molecule has 1 aromatic carbocycles. The zero-order valence-corrected chi connectivity index (χ0v) is 11.3. The molecule has 0 unspecified atom stereocenters. The van der Waals surface area contributed by atoms with Crippen LogP contribution in [0.1, 0.15) is 18.1 Å². The fourth-order valence-electron chi connectivity index (χ4n) is 1.87. The van der Waals surface area contributed by atoms with E-state index in [1.807, 2.05) is 6.92 Å².